The molecule has 1 N–H and O–H groups in total. The number of hydrogen-bond acceptors (Lipinski definition) is 3. The number of urea groups is 1. The van der Waals surface area contributed by atoms with Gasteiger partial charge >= 0.3 is 6.03 Å². The Kier molecular flexibility index (Phi) is 6.71. The lowest BCUT2D eigenvalue weighted by Crippen LogP contribution is -2.62. The summed E-state index contributed by atoms with van der Waals surface area (Å²) < 4.78 is 5.83. The van der Waals surface area contributed by atoms with E-state index < -0.39 is 0 Å². The fourth-order valence-electron chi connectivity index (χ4n) is 3.37. The van der Waals surface area contributed by atoms with Gasteiger partial charge in [0.2, 0.25) is 0 Å². The molecular formula is C22H29N3O2. The fourth-order valence-corrected chi connectivity index (χ4v) is 3.37. The second-order valence-electron chi connectivity index (χ2n) is 6.97. The average molecular weight is 367 g/mol. The van der Waals surface area contributed by atoms with Crippen molar-refractivity contribution in [2.75, 3.05) is 31.5 Å². The molecule has 1 saturated heterocycles. The van der Waals surface area contributed by atoms with Crippen molar-refractivity contribution in [1.82, 2.24) is 9.80 Å². The number of benzene rings is 2. The van der Waals surface area contributed by atoms with Crippen LogP contribution in [0.15, 0.2) is 54.6 Å². The van der Waals surface area contributed by atoms with Crippen molar-refractivity contribution >= 4 is 11.7 Å². The first-order valence-electron chi connectivity index (χ1n) is 9.82. The maximum absolute atomic E-state index is 12.5. The van der Waals surface area contributed by atoms with Crippen molar-refractivity contribution in [2.45, 2.75) is 32.7 Å². The lowest BCUT2D eigenvalue weighted by molar-refractivity contribution is 0.0614. The summed E-state index contributed by atoms with van der Waals surface area (Å²) >= 11 is 0. The van der Waals surface area contributed by atoms with Crippen LogP contribution in [0.2, 0.25) is 0 Å². The molecule has 27 heavy (non-hydrogen) atoms. The van der Waals surface area contributed by atoms with Crippen molar-refractivity contribution in [1.29, 1.82) is 0 Å². The van der Waals surface area contributed by atoms with Crippen LogP contribution in [0.25, 0.3) is 0 Å². The van der Waals surface area contributed by atoms with Gasteiger partial charge in [-0.2, -0.15) is 0 Å². The lowest BCUT2D eigenvalue weighted by Gasteiger charge is -2.45. The highest BCUT2D eigenvalue weighted by Gasteiger charge is 2.34. The zero-order valence-electron chi connectivity index (χ0n) is 16.2. The molecule has 2 aromatic rings. The van der Waals surface area contributed by atoms with Gasteiger partial charge < -0.3 is 15.0 Å². The summed E-state index contributed by atoms with van der Waals surface area (Å²) in [5, 5.41) is 2.98. The van der Waals surface area contributed by atoms with Gasteiger partial charge in [0.25, 0.3) is 0 Å². The van der Waals surface area contributed by atoms with Crippen LogP contribution in [0.3, 0.4) is 0 Å². The summed E-state index contributed by atoms with van der Waals surface area (Å²) in [5.41, 5.74) is 0.746. The molecule has 1 heterocycles. The van der Waals surface area contributed by atoms with Gasteiger partial charge in [0.15, 0.2) is 0 Å². The van der Waals surface area contributed by atoms with Crippen LogP contribution in [-0.2, 0) is 0 Å². The predicted octanol–water partition coefficient (Wildman–Crippen LogP) is 4.82. The number of likely N-dealkylation sites (tertiary alicyclic amines) is 1. The number of ether oxygens (including phenoxy) is 1. The van der Waals surface area contributed by atoms with E-state index in [4.69, 9.17) is 4.74 Å². The summed E-state index contributed by atoms with van der Waals surface area (Å²) in [6, 6.07) is 17.6. The molecule has 2 amide bonds. The number of anilines is 1. The number of carbonyl (C=O) groups excluding carboxylic acids is 1. The molecule has 0 aliphatic carbocycles. The quantitative estimate of drug-likeness (QED) is 0.728. The van der Waals surface area contributed by atoms with E-state index in [1.54, 1.807) is 0 Å². The minimum absolute atomic E-state index is 0.0453. The highest BCUT2D eigenvalue weighted by Crippen LogP contribution is 2.24. The van der Waals surface area contributed by atoms with Gasteiger partial charge in [0, 0.05) is 30.9 Å². The predicted molar refractivity (Wildman–Crippen MR) is 109 cm³/mol. The zero-order valence-corrected chi connectivity index (χ0v) is 16.2. The van der Waals surface area contributed by atoms with Crippen molar-refractivity contribution in [3.8, 4) is 11.5 Å². The summed E-state index contributed by atoms with van der Waals surface area (Å²) in [7, 11) is 0. The van der Waals surface area contributed by atoms with E-state index in [1.165, 1.54) is 0 Å². The molecule has 2 aromatic carbocycles. The van der Waals surface area contributed by atoms with Crippen molar-refractivity contribution < 1.29 is 9.53 Å². The Hall–Kier alpha value is -2.53. The smallest absolute Gasteiger partial charge is 0.321 e. The lowest BCUT2D eigenvalue weighted by atomic mass is 10.1. The number of nitrogens with zero attached hydrogens (tertiary/aromatic N) is 2. The normalized spacial score (nSPS) is 14.1. The largest absolute Gasteiger partial charge is 0.457 e. The van der Waals surface area contributed by atoms with E-state index in [9.17, 15) is 4.79 Å². The first kappa shape index (κ1) is 19.2. The number of hydrogen-bond donors (Lipinski definition) is 1. The van der Waals surface area contributed by atoms with Crippen LogP contribution in [0.5, 0.6) is 11.5 Å². The second-order valence-corrected chi connectivity index (χ2v) is 6.97. The first-order valence-corrected chi connectivity index (χ1v) is 9.82. The topological polar surface area (TPSA) is 44.8 Å². The van der Waals surface area contributed by atoms with E-state index in [1.807, 2.05) is 59.5 Å². The molecule has 5 nitrogen and oxygen atoms in total. The third-order valence-corrected chi connectivity index (χ3v) is 4.75. The SMILES string of the molecule is CCCN(CCC)C1CN(C(=O)Nc2cccc(Oc3ccccc3)c2)C1. The van der Waals surface area contributed by atoms with Gasteiger partial charge in [-0.25, -0.2) is 4.79 Å². The van der Waals surface area contributed by atoms with Crippen molar-refractivity contribution in [3.63, 3.8) is 0 Å². The summed E-state index contributed by atoms with van der Waals surface area (Å²) in [4.78, 5) is 16.9. The van der Waals surface area contributed by atoms with Crippen LogP contribution in [0, 0.1) is 0 Å². The summed E-state index contributed by atoms with van der Waals surface area (Å²) in [6.07, 6.45) is 2.30. The molecule has 0 bridgehead atoms. The molecule has 0 saturated carbocycles. The molecule has 1 aliphatic rings. The Balaban J connectivity index is 1.52. The van der Waals surface area contributed by atoms with Crippen LogP contribution >= 0.6 is 0 Å². The third kappa shape index (κ3) is 5.23. The maximum atomic E-state index is 12.5. The fraction of sp³-hybridized carbons (Fsp3) is 0.409. The molecule has 0 radical (unpaired) electrons. The molecule has 5 heteroatoms. The molecule has 0 unspecified atom stereocenters. The molecule has 1 fully saturated rings. The van der Waals surface area contributed by atoms with Gasteiger partial charge in [-0.3, -0.25) is 4.90 Å². The minimum Gasteiger partial charge on any atom is -0.457 e. The second kappa shape index (κ2) is 9.42. The van der Waals surface area contributed by atoms with Gasteiger partial charge in [0.05, 0.1) is 0 Å². The number of nitrogens with one attached hydrogen (secondary N) is 1. The highest BCUT2D eigenvalue weighted by molar-refractivity contribution is 5.90. The van der Waals surface area contributed by atoms with E-state index in [-0.39, 0.29) is 6.03 Å². The number of para-hydroxylation sites is 1. The van der Waals surface area contributed by atoms with Crippen LogP contribution in [0.4, 0.5) is 10.5 Å². The number of carbonyl (C=O) groups is 1. The number of amides is 2. The molecule has 0 spiro atoms. The average Bonchev–Trinajstić information content (AvgIpc) is 2.62. The summed E-state index contributed by atoms with van der Waals surface area (Å²) in [6.45, 7) is 8.21. The molecule has 0 atom stereocenters. The van der Waals surface area contributed by atoms with Crippen LogP contribution in [0.1, 0.15) is 26.7 Å². The minimum atomic E-state index is -0.0453. The Bertz CT molecular complexity index is 723. The number of rotatable bonds is 8. The van der Waals surface area contributed by atoms with E-state index >= 15 is 0 Å². The van der Waals surface area contributed by atoms with Gasteiger partial charge in [-0.15, -0.1) is 0 Å². The first-order chi connectivity index (χ1) is 13.2. The molecular weight excluding hydrogens is 338 g/mol. The Morgan fingerprint density at radius 1 is 1.04 bits per heavy atom. The van der Waals surface area contributed by atoms with Gasteiger partial charge in [-0.05, 0) is 50.2 Å². The van der Waals surface area contributed by atoms with Crippen molar-refractivity contribution in [2.24, 2.45) is 0 Å². The standard InChI is InChI=1S/C22H29N3O2/c1-3-13-24(14-4-2)19-16-25(17-19)22(26)23-18-9-8-12-21(15-18)27-20-10-6-5-7-11-20/h5-12,15,19H,3-4,13-14,16-17H2,1-2H3,(H,23,26). The van der Waals surface area contributed by atoms with Crippen molar-refractivity contribution in [3.05, 3.63) is 54.6 Å². The van der Waals surface area contributed by atoms with Crippen LogP contribution in [-0.4, -0.2) is 48.1 Å². The summed E-state index contributed by atoms with van der Waals surface area (Å²) in [5.74, 6) is 1.48. The van der Waals surface area contributed by atoms with Crippen LogP contribution < -0.4 is 10.1 Å². The molecule has 0 aromatic heterocycles. The third-order valence-electron chi connectivity index (χ3n) is 4.75. The zero-order chi connectivity index (χ0) is 19.1. The van der Waals surface area contributed by atoms with Gasteiger partial charge in [-0.1, -0.05) is 38.1 Å². The van der Waals surface area contributed by atoms with Gasteiger partial charge in [0.1, 0.15) is 11.5 Å². The highest BCUT2D eigenvalue weighted by atomic mass is 16.5. The van der Waals surface area contributed by atoms with E-state index in [0.717, 1.165) is 50.5 Å². The van der Waals surface area contributed by atoms with E-state index in [0.29, 0.717) is 11.8 Å². The Morgan fingerprint density at radius 2 is 1.70 bits per heavy atom. The van der Waals surface area contributed by atoms with E-state index in [2.05, 4.69) is 24.1 Å². The Morgan fingerprint density at radius 3 is 2.37 bits per heavy atom. The molecule has 144 valence electrons. The molecule has 1 aliphatic heterocycles. The molecule has 3 rings (SSSR count). The maximum Gasteiger partial charge on any atom is 0.321 e. The Labute approximate surface area is 161 Å². The monoisotopic (exact) mass is 367 g/mol.